The zero-order chi connectivity index (χ0) is 12.7. The Balaban J connectivity index is 2.67. The average Bonchev–Trinajstić information content (AvgIpc) is 2.29. The van der Waals surface area contributed by atoms with Gasteiger partial charge in [0.2, 0.25) is 0 Å². The topological polar surface area (TPSA) is 0 Å². The second kappa shape index (κ2) is 8.31. The summed E-state index contributed by atoms with van der Waals surface area (Å²) in [7, 11) is 0. The van der Waals surface area contributed by atoms with Gasteiger partial charge in [0, 0.05) is 9.65 Å². The second-order valence-electron chi connectivity index (χ2n) is 4.75. The van der Waals surface area contributed by atoms with E-state index in [0.717, 1.165) is 0 Å². The highest BCUT2D eigenvalue weighted by Gasteiger charge is 2.17. The van der Waals surface area contributed by atoms with Crippen molar-refractivity contribution in [2.24, 2.45) is 0 Å². The van der Waals surface area contributed by atoms with Crippen LogP contribution in [0.25, 0.3) is 0 Å². The minimum atomic E-state index is 0.578. The molecule has 0 aliphatic heterocycles. The molecule has 0 bridgehead atoms. The van der Waals surface area contributed by atoms with Crippen LogP contribution in [0.2, 0.25) is 0 Å². The first-order valence-electron chi connectivity index (χ1n) is 6.46. The van der Waals surface area contributed by atoms with Gasteiger partial charge in [0.05, 0.1) is 0 Å². The molecule has 3 unspecified atom stereocenters. The van der Waals surface area contributed by atoms with E-state index in [1.165, 1.54) is 31.2 Å². The predicted octanol–water partition coefficient (Wildman–Crippen LogP) is 5.90. The molecule has 0 N–H and O–H groups in total. The number of hydrogen-bond donors (Lipinski definition) is 0. The lowest BCUT2D eigenvalue weighted by molar-refractivity contribution is 0.550. The predicted molar refractivity (Wildman–Crippen MR) is 84.4 cm³/mol. The highest BCUT2D eigenvalue weighted by atomic mass is 79.9. The summed E-state index contributed by atoms with van der Waals surface area (Å²) in [5.41, 5.74) is 1.47. The van der Waals surface area contributed by atoms with Crippen LogP contribution in [0, 0.1) is 0 Å². The first-order valence-corrected chi connectivity index (χ1v) is 8.29. The Morgan fingerprint density at radius 1 is 1.06 bits per heavy atom. The van der Waals surface area contributed by atoms with E-state index in [0.29, 0.717) is 15.6 Å². The van der Waals surface area contributed by atoms with E-state index in [9.17, 15) is 0 Å². The Morgan fingerprint density at radius 3 is 2.24 bits per heavy atom. The summed E-state index contributed by atoms with van der Waals surface area (Å²) in [4.78, 5) is 1.22. The fourth-order valence-electron chi connectivity index (χ4n) is 2.23. The summed E-state index contributed by atoms with van der Waals surface area (Å²) < 4.78 is 0. The third-order valence-electron chi connectivity index (χ3n) is 3.02. The van der Waals surface area contributed by atoms with Gasteiger partial charge in [0.25, 0.3) is 0 Å². The summed E-state index contributed by atoms with van der Waals surface area (Å²) in [6, 6.07) is 10.9. The van der Waals surface area contributed by atoms with Gasteiger partial charge in [0.1, 0.15) is 0 Å². The molecular formula is C15H22Br2. The molecule has 1 aromatic carbocycles. The Labute approximate surface area is 122 Å². The maximum atomic E-state index is 3.81. The lowest BCUT2D eigenvalue weighted by Crippen LogP contribution is -2.10. The number of rotatable bonds is 7. The molecule has 0 spiro atoms. The summed E-state index contributed by atoms with van der Waals surface area (Å²) in [6.07, 6.45) is 4.95. The molecule has 0 heterocycles. The van der Waals surface area contributed by atoms with Crippen LogP contribution in [0.5, 0.6) is 0 Å². The zero-order valence-corrected chi connectivity index (χ0v) is 13.9. The van der Waals surface area contributed by atoms with Gasteiger partial charge in [-0.2, -0.15) is 0 Å². The molecule has 0 fully saturated rings. The minimum Gasteiger partial charge on any atom is -0.0893 e. The monoisotopic (exact) mass is 360 g/mol. The summed E-state index contributed by atoms with van der Waals surface area (Å²) in [5.74, 6) is 0.654. The Morgan fingerprint density at radius 2 is 1.71 bits per heavy atom. The van der Waals surface area contributed by atoms with E-state index in [4.69, 9.17) is 0 Å². The van der Waals surface area contributed by atoms with Crippen LogP contribution in [0.3, 0.4) is 0 Å². The van der Waals surface area contributed by atoms with Gasteiger partial charge in [-0.25, -0.2) is 0 Å². The van der Waals surface area contributed by atoms with Crippen molar-refractivity contribution in [1.29, 1.82) is 0 Å². The SMILES string of the molecule is CCCC(Br)CC(CC(C)Br)c1ccccc1. The van der Waals surface area contributed by atoms with Crippen LogP contribution in [-0.2, 0) is 0 Å². The molecule has 0 nitrogen and oxygen atoms in total. The first-order chi connectivity index (χ1) is 8.13. The fraction of sp³-hybridized carbons (Fsp3) is 0.600. The molecule has 1 rings (SSSR count). The van der Waals surface area contributed by atoms with E-state index < -0.39 is 0 Å². The third-order valence-corrected chi connectivity index (χ3v) is 4.23. The van der Waals surface area contributed by atoms with Crippen molar-refractivity contribution in [2.75, 3.05) is 0 Å². The van der Waals surface area contributed by atoms with Gasteiger partial charge in [-0.1, -0.05) is 82.5 Å². The van der Waals surface area contributed by atoms with Crippen molar-refractivity contribution in [2.45, 2.75) is 55.1 Å². The van der Waals surface area contributed by atoms with Crippen molar-refractivity contribution in [1.82, 2.24) is 0 Å². The molecule has 0 aliphatic rings. The molecule has 96 valence electrons. The van der Waals surface area contributed by atoms with Crippen LogP contribution in [-0.4, -0.2) is 9.65 Å². The van der Waals surface area contributed by atoms with E-state index in [1.54, 1.807) is 0 Å². The van der Waals surface area contributed by atoms with E-state index in [-0.39, 0.29) is 0 Å². The van der Waals surface area contributed by atoms with Crippen molar-refractivity contribution in [3.8, 4) is 0 Å². The van der Waals surface area contributed by atoms with Crippen molar-refractivity contribution >= 4 is 31.9 Å². The fourth-order valence-corrected chi connectivity index (χ4v) is 3.59. The molecule has 0 aliphatic carbocycles. The maximum absolute atomic E-state index is 3.81. The van der Waals surface area contributed by atoms with Crippen molar-refractivity contribution < 1.29 is 0 Å². The van der Waals surface area contributed by atoms with Gasteiger partial charge < -0.3 is 0 Å². The zero-order valence-electron chi connectivity index (χ0n) is 10.7. The third kappa shape index (κ3) is 6.05. The van der Waals surface area contributed by atoms with E-state index >= 15 is 0 Å². The highest BCUT2D eigenvalue weighted by Crippen LogP contribution is 2.31. The second-order valence-corrected chi connectivity index (χ2v) is 7.60. The molecule has 3 atom stereocenters. The molecule has 0 radical (unpaired) electrons. The quantitative estimate of drug-likeness (QED) is 0.530. The van der Waals surface area contributed by atoms with Crippen LogP contribution >= 0.6 is 31.9 Å². The van der Waals surface area contributed by atoms with Gasteiger partial charge in [0.15, 0.2) is 0 Å². The summed E-state index contributed by atoms with van der Waals surface area (Å²) in [5, 5.41) is 0. The van der Waals surface area contributed by atoms with Crippen molar-refractivity contribution in [3.05, 3.63) is 35.9 Å². The van der Waals surface area contributed by atoms with Gasteiger partial charge in [-0.3, -0.25) is 0 Å². The molecule has 0 saturated heterocycles. The smallest absolute Gasteiger partial charge is 0.0151 e. The van der Waals surface area contributed by atoms with Crippen LogP contribution in [0.1, 0.15) is 51.0 Å². The average molecular weight is 362 g/mol. The lowest BCUT2D eigenvalue weighted by Gasteiger charge is -2.21. The standard InChI is InChI=1S/C15H22Br2/c1-3-7-15(17)11-14(10-12(2)16)13-8-5-4-6-9-13/h4-6,8-9,12,14-15H,3,7,10-11H2,1-2H3. The Kier molecular flexibility index (Phi) is 7.45. The summed E-state index contributed by atoms with van der Waals surface area (Å²) in [6.45, 7) is 4.48. The highest BCUT2D eigenvalue weighted by molar-refractivity contribution is 9.09. The minimum absolute atomic E-state index is 0.578. The first kappa shape index (κ1) is 15.2. The largest absolute Gasteiger partial charge is 0.0893 e. The number of halogens is 2. The Hall–Kier alpha value is 0.180. The van der Waals surface area contributed by atoms with Crippen molar-refractivity contribution in [3.63, 3.8) is 0 Å². The molecule has 17 heavy (non-hydrogen) atoms. The lowest BCUT2D eigenvalue weighted by atomic mass is 9.89. The number of alkyl halides is 2. The summed E-state index contributed by atoms with van der Waals surface area (Å²) >= 11 is 7.50. The maximum Gasteiger partial charge on any atom is 0.0151 e. The molecular weight excluding hydrogens is 340 g/mol. The van der Waals surface area contributed by atoms with E-state index in [1.807, 2.05) is 0 Å². The van der Waals surface area contributed by atoms with Gasteiger partial charge in [-0.15, -0.1) is 0 Å². The molecule has 2 heteroatoms. The van der Waals surface area contributed by atoms with Crippen LogP contribution < -0.4 is 0 Å². The molecule has 0 saturated carbocycles. The van der Waals surface area contributed by atoms with E-state index in [2.05, 4.69) is 76.0 Å². The molecule has 1 aromatic rings. The van der Waals surface area contributed by atoms with Gasteiger partial charge >= 0.3 is 0 Å². The number of hydrogen-bond acceptors (Lipinski definition) is 0. The molecule has 0 aromatic heterocycles. The van der Waals surface area contributed by atoms with Gasteiger partial charge in [-0.05, 0) is 30.7 Å². The Bertz CT molecular complexity index is 295. The number of benzene rings is 1. The van der Waals surface area contributed by atoms with Crippen LogP contribution in [0.4, 0.5) is 0 Å². The molecule has 0 amide bonds. The van der Waals surface area contributed by atoms with Crippen LogP contribution in [0.15, 0.2) is 30.3 Å². The normalized spacial score (nSPS) is 16.5.